The first-order chi connectivity index (χ1) is 3.41. The Morgan fingerprint density at radius 1 is 1.71 bits per heavy atom. The van der Waals surface area contributed by atoms with Gasteiger partial charge in [-0.1, -0.05) is 0 Å². The van der Waals surface area contributed by atoms with Gasteiger partial charge in [-0.2, -0.15) is 11.8 Å². The molecule has 0 aliphatic heterocycles. The lowest BCUT2D eigenvalue weighted by molar-refractivity contribution is 0.164. The molecule has 1 radical (unpaired) electrons. The monoisotopic (exact) mass is 119 g/mol. The van der Waals surface area contributed by atoms with Crippen molar-refractivity contribution in [2.75, 3.05) is 19.0 Å². The third-order valence-electron chi connectivity index (χ3n) is 0.576. The van der Waals surface area contributed by atoms with Crippen molar-refractivity contribution >= 4 is 11.8 Å². The van der Waals surface area contributed by atoms with Crippen molar-refractivity contribution in [3.8, 4) is 0 Å². The summed E-state index contributed by atoms with van der Waals surface area (Å²) in [5.74, 6) is 1.01. The highest BCUT2D eigenvalue weighted by atomic mass is 32.2. The molecule has 0 heterocycles. The van der Waals surface area contributed by atoms with Crippen LogP contribution in [0.1, 0.15) is 6.92 Å². The van der Waals surface area contributed by atoms with Crippen molar-refractivity contribution in [3.05, 3.63) is 6.26 Å². The molecule has 43 valence electrons. The van der Waals surface area contributed by atoms with E-state index >= 15 is 0 Å². The molecular formula is C5H11OS. The minimum absolute atomic E-state index is 0.820. The highest BCUT2D eigenvalue weighted by molar-refractivity contribution is 8.00. The van der Waals surface area contributed by atoms with Gasteiger partial charge in [0.2, 0.25) is 0 Å². The molecule has 2 heteroatoms. The second kappa shape index (κ2) is 6.31. The summed E-state index contributed by atoms with van der Waals surface area (Å²) in [7, 11) is 0. The van der Waals surface area contributed by atoms with Crippen LogP contribution in [0, 0.1) is 6.26 Å². The summed E-state index contributed by atoms with van der Waals surface area (Å²) in [5, 5.41) is 0. The van der Waals surface area contributed by atoms with Crippen LogP contribution in [-0.4, -0.2) is 19.0 Å². The number of ether oxygens (including phenoxy) is 1. The Kier molecular flexibility index (Phi) is 6.59. The lowest BCUT2D eigenvalue weighted by atomic mass is 10.8. The molecule has 7 heavy (non-hydrogen) atoms. The summed E-state index contributed by atoms with van der Waals surface area (Å²) in [6.07, 6.45) is 3.59. The predicted octanol–water partition coefficient (Wildman–Crippen LogP) is 1.55. The first-order valence-corrected chi connectivity index (χ1v) is 3.52. The minimum atomic E-state index is 0.820. The van der Waals surface area contributed by atoms with Crippen LogP contribution in [0.3, 0.4) is 0 Å². The summed E-state index contributed by atoms with van der Waals surface area (Å²) in [6.45, 7) is 3.65. The standard InChI is InChI=1S/C5H11OS/c1-3-6-4-5-7-2/h2-5H2,1H3. The van der Waals surface area contributed by atoms with Crippen LogP contribution >= 0.6 is 11.8 Å². The predicted molar refractivity (Wildman–Crippen MR) is 34.3 cm³/mol. The number of hydrogen-bond acceptors (Lipinski definition) is 2. The Bertz CT molecular complexity index is 27.3. The molecule has 0 fully saturated rings. The molecule has 0 aromatic rings. The fraction of sp³-hybridized carbons (Fsp3) is 0.800. The van der Waals surface area contributed by atoms with Gasteiger partial charge < -0.3 is 4.74 Å². The van der Waals surface area contributed by atoms with E-state index in [2.05, 4.69) is 6.26 Å². The van der Waals surface area contributed by atoms with Gasteiger partial charge in [-0.05, 0) is 6.92 Å². The van der Waals surface area contributed by atoms with Crippen molar-refractivity contribution in [2.24, 2.45) is 0 Å². The van der Waals surface area contributed by atoms with Crippen molar-refractivity contribution in [3.63, 3.8) is 0 Å². The summed E-state index contributed by atoms with van der Waals surface area (Å²) in [4.78, 5) is 0. The second-order valence-corrected chi connectivity index (χ2v) is 1.92. The number of hydrogen-bond donors (Lipinski definition) is 0. The van der Waals surface area contributed by atoms with Crippen LogP contribution in [0.5, 0.6) is 0 Å². The SMILES string of the molecule is [CH2]SCCOCC. The normalized spacial score (nSPS) is 9.43. The molecule has 1 nitrogen and oxygen atoms in total. The smallest absolute Gasteiger partial charge is 0.0556 e. The van der Waals surface area contributed by atoms with E-state index in [9.17, 15) is 0 Å². The van der Waals surface area contributed by atoms with Gasteiger partial charge in [-0.3, -0.25) is 0 Å². The Hall–Kier alpha value is 0.310. The van der Waals surface area contributed by atoms with Crippen LogP contribution in [-0.2, 0) is 4.74 Å². The molecule has 0 spiro atoms. The zero-order chi connectivity index (χ0) is 5.54. The fourth-order valence-electron chi connectivity index (χ4n) is 0.262. The summed E-state index contributed by atoms with van der Waals surface area (Å²) in [6, 6.07) is 0. The highest BCUT2D eigenvalue weighted by Gasteiger charge is 1.78. The topological polar surface area (TPSA) is 9.23 Å². The molecular weight excluding hydrogens is 108 g/mol. The van der Waals surface area contributed by atoms with Crippen LogP contribution in [0.2, 0.25) is 0 Å². The Morgan fingerprint density at radius 2 is 2.43 bits per heavy atom. The lowest BCUT2D eigenvalue weighted by Crippen LogP contribution is -1.94. The minimum Gasteiger partial charge on any atom is -0.381 e. The maximum absolute atomic E-state index is 5.01. The van der Waals surface area contributed by atoms with E-state index in [0.717, 1.165) is 19.0 Å². The average Bonchev–Trinajstić information content (AvgIpc) is 1.69. The van der Waals surface area contributed by atoms with Gasteiger partial charge in [-0.25, -0.2) is 0 Å². The van der Waals surface area contributed by atoms with Gasteiger partial charge in [0.1, 0.15) is 0 Å². The van der Waals surface area contributed by atoms with E-state index in [0.29, 0.717) is 0 Å². The van der Waals surface area contributed by atoms with Crippen LogP contribution < -0.4 is 0 Å². The van der Waals surface area contributed by atoms with Crippen molar-refractivity contribution < 1.29 is 4.74 Å². The zero-order valence-corrected chi connectivity index (χ0v) is 5.46. The summed E-state index contributed by atoms with van der Waals surface area (Å²) < 4.78 is 5.01. The van der Waals surface area contributed by atoms with E-state index in [1.807, 2.05) is 6.92 Å². The van der Waals surface area contributed by atoms with Gasteiger partial charge in [0.15, 0.2) is 0 Å². The molecule has 0 aromatic carbocycles. The highest BCUT2D eigenvalue weighted by Crippen LogP contribution is 1.92. The van der Waals surface area contributed by atoms with Crippen molar-refractivity contribution in [1.29, 1.82) is 0 Å². The number of thioether (sulfide) groups is 1. The largest absolute Gasteiger partial charge is 0.381 e. The van der Waals surface area contributed by atoms with E-state index in [4.69, 9.17) is 4.74 Å². The molecule has 0 aromatic heterocycles. The molecule has 0 amide bonds. The molecule has 0 rings (SSSR count). The first-order valence-electron chi connectivity index (χ1n) is 2.36. The Balaban J connectivity index is 2.45. The van der Waals surface area contributed by atoms with E-state index in [-0.39, 0.29) is 0 Å². The third kappa shape index (κ3) is 6.31. The van der Waals surface area contributed by atoms with Gasteiger partial charge in [0.25, 0.3) is 0 Å². The van der Waals surface area contributed by atoms with E-state index < -0.39 is 0 Å². The fourth-order valence-corrected chi connectivity index (χ4v) is 0.498. The first kappa shape index (κ1) is 7.31. The van der Waals surface area contributed by atoms with Crippen LogP contribution in [0.4, 0.5) is 0 Å². The Labute approximate surface area is 49.4 Å². The quantitative estimate of drug-likeness (QED) is 0.519. The van der Waals surface area contributed by atoms with Crippen LogP contribution in [0.25, 0.3) is 0 Å². The summed E-state index contributed by atoms with van der Waals surface area (Å²) in [5.41, 5.74) is 0. The third-order valence-corrected chi connectivity index (χ3v) is 1.03. The van der Waals surface area contributed by atoms with Crippen molar-refractivity contribution in [2.45, 2.75) is 6.92 Å². The van der Waals surface area contributed by atoms with Gasteiger partial charge in [-0.15, -0.1) is 0 Å². The van der Waals surface area contributed by atoms with Crippen molar-refractivity contribution in [1.82, 2.24) is 0 Å². The number of rotatable bonds is 4. The molecule has 0 unspecified atom stereocenters. The Morgan fingerprint density at radius 3 is 2.86 bits per heavy atom. The molecule has 0 bridgehead atoms. The molecule has 0 aliphatic rings. The maximum atomic E-state index is 5.01. The molecule has 0 atom stereocenters. The molecule has 0 saturated carbocycles. The molecule has 0 aliphatic carbocycles. The van der Waals surface area contributed by atoms with E-state index in [1.54, 1.807) is 11.8 Å². The summed E-state index contributed by atoms with van der Waals surface area (Å²) >= 11 is 1.57. The van der Waals surface area contributed by atoms with Gasteiger partial charge in [0, 0.05) is 18.6 Å². The second-order valence-electron chi connectivity index (χ2n) is 1.11. The average molecular weight is 119 g/mol. The molecule has 0 saturated heterocycles. The van der Waals surface area contributed by atoms with Gasteiger partial charge >= 0.3 is 0 Å². The van der Waals surface area contributed by atoms with Crippen LogP contribution in [0.15, 0.2) is 0 Å². The lowest BCUT2D eigenvalue weighted by Gasteiger charge is -1.94. The van der Waals surface area contributed by atoms with Gasteiger partial charge in [0.05, 0.1) is 6.61 Å². The molecule has 0 N–H and O–H groups in total. The van der Waals surface area contributed by atoms with E-state index in [1.165, 1.54) is 0 Å². The maximum Gasteiger partial charge on any atom is 0.0556 e. The zero-order valence-electron chi connectivity index (χ0n) is 4.64.